The second-order valence-electron chi connectivity index (χ2n) is 6.95. The van der Waals surface area contributed by atoms with Gasteiger partial charge in [-0.15, -0.1) is 11.3 Å². The van der Waals surface area contributed by atoms with E-state index in [1.807, 2.05) is 0 Å². The van der Waals surface area contributed by atoms with Gasteiger partial charge >= 0.3 is 0 Å². The molecule has 0 atom stereocenters. The van der Waals surface area contributed by atoms with Crippen LogP contribution in [0.5, 0.6) is 5.75 Å². The Morgan fingerprint density at radius 3 is 2.64 bits per heavy atom. The number of aryl methyl sites for hydroxylation is 2. The maximum atomic E-state index is 6.00. The van der Waals surface area contributed by atoms with Crippen LogP contribution >= 0.6 is 11.3 Å². The van der Waals surface area contributed by atoms with Crippen molar-refractivity contribution in [1.82, 2.24) is 4.98 Å². The fraction of sp³-hybridized carbons (Fsp3) is 0.375. The van der Waals surface area contributed by atoms with Gasteiger partial charge < -0.3 is 10.1 Å². The summed E-state index contributed by atoms with van der Waals surface area (Å²) >= 11 is 1.65. The highest BCUT2D eigenvalue weighted by Gasteiger charge is 2.10. The largest absolute Gasteiger partial charge is 0.493 e. The van der Waals surface area contributed by atoms with Gasteiger partial charge in [0.2, 0.25) is 0 Å². The van der Waals surface area contributed by atoms with Gasteiger partial charge in [-0.05, 0) is 54.7 Å². The third-order valence-electron chi connectivity index (χ3n) is 4.78. The number of hydrogen-bond donors (Lipinski definition) is 1. The van der Waals surface area contributed by atoms with Crippen LogP contribution in [0, 0.1) is 0 Å². The minimum absolute atomic E-state index is 0.786. The summed E-state index contributed by atoms with van der Waals surface area (Å²) < 4.78 is 6.00. The highest BCUT2D eigenvalue weighted by Crippen LogP contribution is 2.31. The maximum absolute atomic E-state index is 6.00. The topological polar surface area (TPSA) is 34.1 Å². The van der Waals surface area contributed by atoms with E-state index < -0.39 is 0 Å². The second kappa shape index (κ2) is 10.3. The molecule has 4 heteroatoms. The summed E-state index contributed by atoms with van der Waals surface area (Å²) in [5.74, 6) is 1.02. The van der Waals surface area contributed by atoms with E-state index in [9.17, 15) is 0 Å². The molecule has 0 saturated carbocycles. The molecule has 3 aromatic rings. The number of aromatic nitrogens is 1. The van der Waals surface area contributed by atoms with E-state index in [0.29, 0.717) is 0 Å². The van der Waals surface area contributed by atoms with Crippen molar-refractivity contribution in [1.29, 1.82) is 0 Å². The molecular formula is C24H30N2OS. The van der Waals surface area contributed by atoms with Crippen molar-refractivity contribution in [3.63, 3.8) is 0 Å². The molecule has 0 aliphatic carbocycles. The molecule has 1 heterocycles. The number of benzene rings is 2. The third kappa shape index (κ3) is 5.14. The van der Waals surface area contributed by atoms with Gasteiger partial charge in [-0.1, -0.05) is 51.8 Å². The molecule has 0 radical (unpaired) electrons. The third-order valence-corrected chi connectivity index (χ3v) is 5.53. The van der Waals surface area contributed by atoms with Crippen molar-refractivity contribution < 1.29 is 4.74 Å². The number of nitrogens with zero attached hydrogens (tertiary/aromatic N) is 1. The smallest absolute Gasteiger partial charge is 0.187 e. The van der Waals surface area contributed by atoms with E-state index in [1.54, 1.807) is 11.3 Å². The van der Waals surface area contributed by atoms with Crippen LogP contribution in [0.3, 0.4) is 0 Å². The molecule has 0 amide bonds. The number of nitrogens with one attached hydrogen (secondary N) is 1. The first-order valence-electron chi connectivity index (χ1n) is 10.3. The predicted octanol–water partition coefficient (Wildman–Crippen LogP) is 7.25. The summed E-state index contributed by atoms with van der Waals surface area (Å²) in [6.45, 7) is 7.35. The number of unbranched alkanes of at least 4 members (excludes halogenated alkanes) is 1. The Morgan fingerprint density at radius 2 is 1.86 bits per heavy atom. The number of para-hydroxylation sites is 1. The molecule has 1 N–H and O–H groups in total. The summed E-state index contributed by atoms with van der Waals surface area (Å²) in [6.07, 6.45) is 5.37. The summed E-state index contributed by atoms with van der Waals surface area (Å²) in [7, 11) is 0. The SMILES string of the molecule is CCCCOc1ccc(-c2csc(Nc3ccccc3CC)n2)cc1CCC. The first-order chi connectivity index (χ1) is 13.7. The van der Waals surface area contributed by atoms with Crippen LogP contribution in [0.4, 0.5) is 10.8 Å². The summed E-state index contributed by atoms with van der Waals surface area (Å²) in [6, 6.07) is 14.9. The lowest BCUT2D eigenvalue weighted by Crippen LogP contribution is -2.00. The first kappa shape index (κ1) is 20.4. The Kier molecular flexibility index (Phi) is 7.49. The average Bonchev–Trinajstić information content (AvgIpc) is 3.18. The fourth-order valence-electron chi connectivity index (χ4n) is 3.20. The zero-order chi connectivity index (χ0) is 19.8. The Morgan fingerprint density at radius 1 is 1.00 bits per heavy atom. The molecule has 148 valence electrons. The van der Waals surface area contributed by atoms with Crippen LogP contribution < -0.4 is 10.1 Å². The Bertz CT molecular complexity index is 888. The van der Waals surface area contributed by atoms with Gasteiger partial charge in [0.15, 0.2) is 5.13 Å². The van der Waals surface area contributed by atoms with Crippen molar-refractivity contribution in [2.75, 3.05) is 11.9 Å². The molecule has 0 saturated heterocycles. The van der Waals surface area contributed by atoms with Crippen LogP contribution in [-0.4, -0.2) is 11.6 Å². The van der Waals surface area contributed by atoms with Crippen LogP contribution in [0.1, 0.15) is 51.2 Å². The van der Waals surface area contributed by atoms with Crippen molar-refractivity contribution in [2.45, 2.75) is 52.9 Å². The number of ether oxygens (including phenoxy) is 1. The Hall–Kier alpha value is -2.33. The van der Waals surface area contributed by atoms with E-state index in [2.05, 4.69) is 73.9 Å². The molecule has 0 fully saturated rings. The molecule has 0 aliphatic heterocycles. The second-order valence-corrected chi connectivity index (χ2v) is 7.81. The zero-order valence-electron chi connectivity index (χ0n) is 17.1. The number of thiazole rings is 1. The van der Waals surface area contributed by atoms with Gasteiger partial charge in [0.1, 0.15) is 5.75 Å². The number of anilines is 2. The maximum Gasteiger partial charge on any atom is 0.187 e. The molecule has 0 bridgehead atoms. The summed E-state index contributed by atoms with van der Waals surface area (Å²) in [5.41, 5.74) is 5.88. The lowest BCUT2D eigenvalue weighted by atomic mass is 10.0. The van der Waals surface area contributed by atoms with Crippen LogP contribution in [0.2, 0.25) is 0 Å². The Balaban J connectivity index is 1.79. The summed E-state index contributed by atoms with van der Waals surface area (Å²) in [4.78, 5) is 4.82. The van der Waals surface area contributed by atoms with Gasteiger partial charge in [-0.2, -0.15) is 0 Å². The van der Waals surface area contributed by atoms with E-state index in [1.165, 1.54) is 11.1 Å². The fourth-order valence-corrected chi connectivity index (χ4v) is 3.93. The molecule has 1 aromatic heterocycles. The molecule has 3 rings (SSSR count). The van der Waals surface area contributed by atoms with Crippen molar-refractivity contribution >= 4 is 22.2 Å². The lowest BCUT2D eigenvalue weighted by Gasteiger charge is -2.12. The van der Waals surface area contributed by atoms with Gasteiger partial charge in [0.05, 0.1) is 12.3 Å². The number of hydrogen-bond acceptors (Lipinski definition) is 4. The van der Waals surface area contributed by atoms with Gasteiger partial charge in [0, 0.05) is 16.6 Å². The molecule has 3 nitrogen and oxygen atoms in total. The minimum Gasteiger partial charge on any atom is -0.493 e. The van der Waals surface area contributed by atoms with Crippen LogP contribution in [0.15, 0.2) is 47.8 Å². The van der Waals surface area contributed by atoms with Gasteiger partial charge in [-0.25, -0.2) is 4.98 Å². The predicted molar refractivity (Wildman–Crippen MR) is 121 cm³/mol. The van der Waals surface area contributed by atoms with Crippen molar-refractivity contribution in [3.8, 4) is 17.0 Å². The summed E-state index contributed by atoms with van der Waals surface area (Å²) in [5, 5.41) is 6.53. The highest BCUT2D eigenvalue weighted by molar-refractivity contribution is 7.14. The highest BCUT2D eigenvalue weighted by atomic mass is 32.1. The van der Waals surface area contributed by atoms with Crippen molar-refractivity contribution in [3.05, 3.63) is 59.0 Å². The monoisotopic (exact) mass is 394 g/mol. The van der Waals surface area contributed by atoms with Crippen molar-refractivity contribution in [2.24, 2.45) is 0 Å². The molecule has 0 unspecified atom stereocenters. The van der Waals surface area contributed by atoms with E-state index in [-0.39, 0.29) is 0 Å². The first-order valence-corrected chi connectivity index (χ1v) is 11.2. The normalized spacial score (nSPS) is 10.8. The van der Waals surface area contributed by atoms with E-state index in [4.69, 9.17) is 9.72 Å². The molecule has 0 aliphatic rings. The molecular weight excluding hydrogens is 364 g/mol. The van der Waals surface area contributed by atoms with E-state index in [0.717, 1.165) is 66.5 Å². The van der Waals surface area contributed by atoms with Crippen LogP contribution in [-0.2, 0) is 12.8 Å². The van der Waals surface area contributed by atoms with E-state index >= 15 is 0 Å². The average molecular weight is 395 g/mol. The minimum atomic E-state index is 0.786. The zero-order valence-corrected chi connectivity index (χ0v) is 17.9. The van der Waals surface area contributed by atoms with Gasteiger partial charge in [0.25, 0.3) is 0 Å². The molecule has 28 heavy (non-hydrogen) atoms. The molecule has 2 aromatic carbocycles. The number of rotatable bonds is 10. The Labute approximate surface area is 172 Å². The standard InChI is InChI=1S/C24H30N2OS/c1-4-7-15-27-23-14-13-19(16-20(23)10-5-2)22-17-28-24(26-22)25-21-12-9-8-11-18(21)6-3/h8-9,11-14,16-17H,4-7,10,15H2,1-3H3,(H,25,26). The van der Waals surface area contributed by atoms with Crippen LogP contribution in [0.25, 0.3) is 11.3 Å². The molecule has 0 spiro atoms. The van der Waals surface area contributed by atoms with Gasteiger partial charge in [-0.3, -0.25) is 0 Å². The lowest BCUT2D eigenvalue weighted by molar-refractivity contribution is 0.306. The quantitative estimate of drug-likeness (QED) is 0.368.